The maximum Gasteiger partial charge on any atom is 0.459 e. The fourth-order valence-corrected chi connectivity index (χ4v) is 5.87. The summed E-state index contributed by atoms with van der Waals surface area (Å²) >= 11 is 0. The molecule has 1 saturated heterocycles. The first-order chi connectivity index (χ1) is 19.8. The summed E-state index contributed by atoms with van der Waals surface area (Å²) < 4.78 is 38.1. The van der Waals surface area contributed by atoms with Crippen molar-refractivity contribution < 1.29 is 38.1 Å². The number of carbonyl (C=O) groups is 1. The molecule has 0 aliphatic carbocycles. The molecule has 0 bridgehead atoms. The molecule has 0 saturated carbocycles. The number of hydrogen-bond acceptors (Lipinski definition) is 12. The number of ether oxygens (including phenoxy) is 2. The number of nitrogen functional groups attached to an aromatic ring is 1. The number of nitrogens with zero attached hydrogens (tertiary/aromatic N) is 4. The van der Waals surface area contributed by atoms with E-state index in [0.29, 0.717) is 5.52 Å². The molecule has 4 rings (SSSR count). The topological polar surface area (TPSA) is 204 Å². The molecule has 5 N–H and O–H groups in total. The number of carbonyl (C=O) groups excluding carboxylic acids is 1. The number of aliphatic hydroxyl groups is 2. The Morgan fingerprint density at radius 2 is 2.00 bits per heavy atom. The Hall–Kier alpha value is -3.57. The Morgan fingerprint density at radius 3 is 2.64 bits per heavy atom. The summed E-state index contributed by atoms with van der Waals surface area (Å²) in [6.45, 7) is 6.70. The van der Waals surface area contributed by atoms with Crippen LogP contribution in [0.2, 0.25) is 0 Å². The standard InChI is InChI=1S/C27H35N6O8P/c1-5-18(25(36)38-14-26(2,3)4)32-42(37,41-17-9-7-6-8-10-17)39-15-27(13-28)23(35)21(34)22(40-27)19-11-12-20-24(29)30-16-31-33(19)20/h6-12,16,18,21-23,34-35H,5,14-15H2,1-4H3,(H,32,37)(H2,29,30,31)/t18-,21-,22-,23-,27+,42+/m0/s1. The minimum atomic E-state index is -4.43. The Morgan fingerprint density at radius 1 is 1.29 bits per heavy atom. The molecule has 6 atom stereocenters. The maximum absolute atomic E-state index is 14.1. The zero-order valence-electron chi connectivity index (χ0n) is 23.7. The second kappa shape index (κ2) is 12.3. The number of esters is 1. The van der Waals surface area contributed by atoms with Gasteiger partial charge in [-0.2, -0.15) is 15.4 Å². The number of aromatic nitrogens is 3. The lowest BCUT2D eigenvalue weighted by atomic mass is 9.96. The van der Waals surface area contributed by atoms with Crippen LogP contribution in [0.5, 0.6) is 5.75 Å². The molecule has 0 spiro atoms. The van der Waals surface area contributed by atoms with Crippen LogP contribution in [0.4, 0.5) is 5.82 Å². The molecule has 1 fully saturated rings. The van der Waals surface area contributed by atoms with Gasteiger partial charge in [0, 0.05) is 0 Å². The van der Waals surface area contributed by atoms with E-state index in [0.717, 1.165) is 0 Å². The van der Waals surface area contributed by atoms with Crippen molar-refractivity contribution in [1.29, 1.82) is 5.26 Å². The number of fused-ring (bicyclic) bond motifs is 1. The molecule has 15 heteroatoms. The quantitative estimate of drug-likeness (QED) is 0.184. The van der Waals surface area contributed by atoms with Crippen LogP contribution in [0.1, 0.15) is 45.9 Å². The number of hydrogen-bond donors (Lipinski definition) is 4. The lowest BCUT2D eigenvalue weighted by Crippen LogP contribution is -2.46. The fourth-order valence-electron chi connectivity index (χ4n) is 4.26. The molecule has 1 aliphatic rings. The molecule has 2 aromatic heterocycles. The SMILES string of the molecule is CC[C@H](N[P@@](=O)(OC[C@@]1(C#N)O[C@@H](c2ccc3c(N)ncnn23)[C@H](O)[C@@H]1O)Oc1ccccc1)C(=O)OCC(C)(C)C. The smallest absolute Gasteiger partial charge is 0.459 e. The van der Waals surface area contributed by atoms with Crippen molar-refractivity contribution in [2.75, 3.05) is 18.9 Å². The number of nitrogens with two attached hydrogens (primary N) is 1. The van der Waals surface area contributed by atoms with Gasteiger partial charge in [-0.15, -0.1) is 0 Å². The van der Waals surface area contributed by atoms with E-state index in [1.165, 1.54) is 23.0 Å². The summed E-state index contributed by atoms with van der Waals surface area (Å²) in [4.78, 5) is 16.8. The van der Waals surface area contributed by atoms with Crippen LogP contribution in [0, 0.1) is 16.7 Å². The van der Waals surface area contributed by atoms with E-state index in [9.17, 15) is 24.8 Å². The molecule has 0 unspecified atom stereocenters. The maximum atomic E-state index is 14.1. The van der Waals surface area contributed by atoms with Crippen LogP contribution in [0.25, 0.3) is 5.52 Å². The summed E-state index contributed by atoms with van der Waals surface area (Å²) in [6, 6.07) is 12.0. The molecular weight excluding hydrogens is 567 g/mol. The van der Waals surface area contributed by atoms with E-state index in [1.807, 2.05) is 26.8 Å². The van der Waals surface area contributed by atoms with Crippen molar-refractivity contribution >= 4 is 25.1 Å². The van der Waals surface area contributed by atoms with Crippen molar-refractivity contribution in [3.05, 3.63) is 54.5 Å². The minimum absolute atomic E-state index is 0.122. The summed E-state index contributed by atoms with van der Waals surface area (Å²) in [5, 5.41) is 38.8. The van der Waals surface area contributed by atoms with Crippen molar-refractivity contribution in [2.24, 2.45) is 5.41 Å². The van der Waals surface area contributed by atoms with Crippen LogP contribution in [-0.4, -0.2) is 67.8 Å². The Labute approximate surface area is 242 Å². The highest BCUT2D eigenvalue weighted by Crippen LogP contribution is 2.48. The number of aliphatic hydroxyl groups excluding tert-OH is 2. The van der Waals surface area contributed by atoms with Gasteiger partial charge in [0.25, 0.3) is 0 Å². The third-order valence-electron chi connectivity index (χ3n) is 6.51. The predicted molar refractivity (Wildman–Crippen MR) is 150 cm³/mol. The Balaban J connectivity index is 1.59. The molecule has 3 heterocycles. The van der Waals surface area contributed by atoms with E-state index >= 15 is 0 Å². The van der Waals surface area contributed by atoms with Gasteiger partial charge in [-0.1, -0.05) is 45.9 Å². The third-order valence-corrected chi connectivity index (χ3v) is 8.06. The third kappa shape index (κ3) is 6.73. The second-order valence-electron chi connectivity index (χ2n) is 11.1. The molecule has 1 aromatic carbocycles. The average Bonchev–Trinajstić information content (AvgIpc) is 3.49. The van der Waals surface area contributed by atoms with Gasteiger partial charge in [-0.05, 0) is 36.1 Å². The molecule has 42 heavy (non-hydrogen) atoms. The molecule has 0 radical (unpaired) electrons. The van der Waals surface area contributed by atoms with E-state index in [1.54, 1.807) is 37.3 Å². The highest BCUT2D eigenvalue weighted by Gasteiger charge is 2.57. The molecule has 3 aromatic rings. The van der Waals surface area contributed by atoms with Crippen LogP contribution in [0.3, 0.4) is 0 Å². The first kappa shape index (κ1) is 31.4. The highest BCUT2D eigenvalue weighted by atomic mass is 31.2. The van der Waals surface area contributed by atoms with Gasteiger partial charge in [-0.25, -0.2) is 14.1 Å². The molecule has 14 nitrogen and oxygen atoms in total. The van der Waals surface area contributed by atoms with E-state index in [2.05, 4.69) is 15.2 Å². The van der Waals surface area contributed by atoms with Gasteiger partial charge < -0.3 is 29.9 Å². The monoisotopic (exact) mass is 602 g/mol. The first-order valence-electron chi connectivity index (χ1n) is 13.3. The van der Waals surface area contributed by atoms with Gasteiger partial charge in [0.05, 0.1) is 12.3 Å². The second-order valence-corrected chi connectivity index (χ2v) is 12.8. The number of benzene rings is 1. The highest BCUT2D eigenvalue weighted by molar-refractivity contribution is 7.52. The number of para-hydroxylation sites is 1. The van der Waals surface area contributed by atoms with Crippen LogP contribution >= 0.6 is 7.75 Å². The average molecular weight is 603 g/mol. The number of rotatable bonds is 11. The molecule has 1 aliphatic heterocycles. The van der Waals surface area contributed by atoms with Crippen molar-refractivity contribution in [2.45, 2.75) is 64.1 Å². The van der Waals surface area contributed by atoms with E-state index in [-0.39, 0.29) is 35.7 Å². The summed E-state index contributed by atoms with van der Waals surface area (Å²) in [6.07, 6.45) is -3.24. The van der Waals surface area contributed by atoms with Gasteiger partial charge in [0.1, 0.15) is 54.6 Å². The number of nitriles is 1. The minimum Gasteiger partial charge on any atom is -0.464 e. The molecule has 226 valence electrons. The fraction of sp³-hybridized carbons (Fsp3) is 0.481. The first-order valence-corrected chi connectivity index (χ1v) is 14.8. The lowest BCUT2D eigenvalue weighted by molar-refractivity contribution is -0.148. The van der Waals surface area contributed by atoms with E-state index < -0.39 is 50.3 Å². The van der Waals surface area contributed by atoms with Crippen LogP contribution < -0.4 is 15.3 Å². The normalized spacial score (nSPS) is 24.5. The van der Waals surface area contributed by atoms with Gasteiger partial charge >= 0.3 is 13.7 Å². The Bertz CT molecular complexity index is 1490. The van der Waals surface area contributed by atoms with Crippen LogP contribution in [-0.2, 0) is 23.4 Å². The summed E-state index contributed by atoms with van der Waals surface area (Å²) in [7, 11) is -4.43. The Kier molecular flexibility index (Phi) is 9.22. The van der Waals surface area contributed by atoms with Crippen molar-refractivity contribution in [3.8, 4) is 11.8 Å². The molecule has 0 amide bonds. The van der Waals surface area contributed by atoms with Gasteiger partial charge in [0.15, 0.2) is 5.82 Å². The molecular formula is C27H35N6O8P. The van der Waals surface area contributed by atoms with Gasteiger partial charge in [-0.3, -0.25) is 9.32 Å². The zero-order valence-corrected chi connectivity index (χ0v) is 24.6. The van der Waals surface area contributed by atoms with Crippen molar-refractivity contribution in [3.63, 3.8) is 0 Å². The lowest BCUT2D eigenvalue weighted by Gasteiger charge is -2.29. The van der Waals surface area contributed by atoms with E-state index in [4.69, 9.17) is 24.3 Å². The predicted octanol–water partition coefficient (Wildman–Crippen LogP) is 2.53. The largest absolute Gasteiger partial charge is 0.464 e. The summed E-state index contributed by atoms with van der Waals surface area (Å²) in [5.41, 5.74) is 4.13. The van der Waals surface area contributed by atoms with Gasteiger partial charge in [0.2, 0.25) is 5.60 Å². The summed E-state index contributed by atoms with van der Waals surface area (Å²) in [5.74, 6) is -0.340. The number of nitrogens with one attached hydrogen (secondary N) is 1. The zero-order chi connectivity index (χ0) is 30.7. The van der Waals surface area contributed by atoms with Crippen molar-refractivity contribution in [1.82, 2.24) is 19.7 Å². The van der Waals surface area contributed by atoms with Crippen LogP contribution in [0.15, 0.2) is 48.8 Å². The number of anilines is 1.